The molecule has 0 aliphatic rings. The molecule has 0 saturated carbocycles. The lowest BCUT2D eigenvalue weighted by Crippen LogP contribution is -2.38. The fourth-order valence-corrected chi connectivity index (χ4v) is 2.40. The third-order valence-corrected chi connectivity index (χ3v) is 3.64. The van der Waals surface area contributed by atoms with Gasteiger partial charge in [-0.1, -0.05) is 24.3 Å². The second-order valence-corrected chi connectivity index (χ2v) is 5.47. The first-order valence-corrected chi connectivity index (χ1v) is 8.25. The van der Waals surface area contributed by atoms with Crippen LogP contribution < -0.4 is 15.4 Å². The Hall–Kier alpha value is -2.03. The zero-order chi connectivity index (χ0) is 18.1. The summed E-state index contributed by atoms with van der Waals surface area (Å²) in [6, 6.07) is 11.8. The number of benzene rings is 2. The monoisotopic (exact) mass is 473 g/mol. The fraction of sp³-hybridized carbons (Fsp3) is 0.316. The number of aromatic hydroxyl groups is 1. The molecule has 26 heavy (non-hydrogen) atoms. The van der Waals surface area contributed by atoms with Gasteiger partial charge >= 0.3 is 0 Å². The molecule has 0 bridgehead atoms. The van der Waals surface area contributed by atoms with Gasteiger partial charge in [0, 0.05) is 13.1 Å². The first-order valence-electron chi connectivity index (χ1n) is 8.25. The van der Waals surface area contributed by atoms with E-state index in [1.165, 1.54) is 19.2 Å². The molecular formula is C19H25FIN3O2. The van der Waals surface area contributed by atoms with E-state index in [2.05, 4.69) is 15.6 Å². The highest BCUT2D eigenvalue weighted by Crippen LogP contribution is 2.29. The van der Waals surface area contributed by atoms with E-state index in [0.29, 0.717) is 31.2 Å². The van der Waals surface area contributed by atoms with Crippen LogP contribution in [0.15, 0.2) is 47.5 Å². The third kappa shape index (κ3) is 6.70. The number of guanidine groups is 1. The van der Waals surface area contributed by atoms with Crippen LogP contribution in [0, 0.1) is 5.82 Å². The summed E-state index contributed by atoms with van der Waals surface area (Å²) in [4.78, 5) is 4.45. The average Bonchev–Trinajstić information content (AvgIpc) is 2.61. The number of rotatable bonds is 7. The Labute approximate surface area is 170 Å². The van der Waals surface area contributed by atoms with Crippen molar-refractivity contribution in [3.05, 3.63) is 59.4 Å². The van der Waals surface area contributed by atoms with Crippen molar-refractivity contribution in [2.75, 3.05) is 20.2 Å². The number of aliphatic imine (C=N–C) groups is 1. The van der Waals surface area contributed by atoms with E-state index in [-0.39, 0.29) is 35.5 Å². The molecule has 0 unspecified atom stereocenters. The summed E-state index contributed by atoms with van der Waals surface area (Å²) in [7, 11) is 1.53. The van der Waals surface area contributed by atoms with Crippen LogP contribution in [0.3, 0.4) is 0 Å². The van der Waals surface area contributed by atoms with Crippen LogP contribution in [0.5, 0.6) is 11.5 Å². The smallest absolute Gasteiger partial charge is 0.191 e. The maximum atomic E-state index is 13.2. The summed E-state index contributed by atoms with van der Waals surface area (Å²) in [5.41, 5.74) is 1.61. The molecule has 0 aromatic heterocycles. The number of nitrogens with zero attached hydrogens (tertiary/aromatic N) is 1. The molecule has 0 aliphatic heterocycles. The van der Waals surface area contributed by atoms with Crippen molar-refractivity contribution in [2.24, 2.45) is 4.99 Å². The van der Waals surface area contributed by atoms with Crippen LogP contribution in [0.1, 0.15) is 18.1 Å². The Bertz CT molecular complexity index is 726. The lowest BCUT2D eigenvalue weighted by molar-refractivity contribution is 0.370. The van der Waals surface area contributed by atoms with Gasteiger partial charge in [0.2, 0.25) is 0 Å². The summed E-state index contributed by atoms with van der Waals surface area (Å²) in [6.07, 6.45) is 0.618. The van der Waals surface area contributed by atoms with Crippen LogP contribution in [-0.2, 0) is 13.0 Å². The molecule has 2 aromatic rings. The minimum absolute atomic E-state index is 0. The maximum Gasteiger partial charge on any atom is 0.191 e. The highest BCUT2D eigenvalue weighted by molar-refractivity contribution is 14.0. The van der Waals surface area contributed by atoms with Gasteiger partial charge in [-0.05, 0) is 42.7 Å². The van der Waals surface area contributed by atoms with Crippen molar-refractivity contribution in [3.63, 3.8) is 0 Å². The summed E-state index contributed by atoms with van der Waals surface area (Å²) in [6.45, 7) is 3.68. The molecular weight excluding hydrogens is 448 g/mol. The van der Waals surface area contributed by atoms with E-state index in [0.717, 1.165) is 17.7 Å². The Morgan fingerprint density at radius 3 is 2.65 bits per heavy atom. The Morgan fingerprint density at radius 1 is 1.19 bits per heavy atom. The fourth-order valence-electron chi connectivity index (χ4n) is 2.40. The molecule has 0 radical (unpaired) electrons. The molecule has 142 valence electrons. The molecule has 3 N–H and O–H groups in total. The number of phenolic OH excluding ortho intramolecular Hbond substituents is 1. The highest BCUT2D eigenvalue weighted by Gasteiger charge is 2.07. The summed E-state index contributed by atoms with van der Waals surface area (Å²) >= 11 is 0. The normalized spacial score (nSPS) is 10.8. The van der Waals surface area contributed by atoms with Crippen LogP contribution in [0.25, 0.3) is 0 Å². The number of ether oxygens (including phenoxy) is 1. The van der Waals surface area contributed by atoms with Gasteiger partial charge in [-0.25, -0.2) is 9.38 Å². The van der Waals surface area contributed by atoms with Crippen molar-refractivity contribution < 1.29 is 14.2 Å². The minimum atomic E-state index is -0.265. The number of hydrogen-bond acceptors (Lipinski definition) is 3. The first kappa shape index (κ1) is 22.0. The molecule has 0 spiro atoms. The SMILES string of the molecule is CCNC(=NCc1cccc(F)c1)NCCc1cccc(OC)c1O.I. The zero-order valence-electron chi connectivity index (χ0n) is 15.0. The van der Waals surface area contributed by atoms with Crippen LogP contribution in [0.4, 0.5) is 4.39 Å². The lowest BCUT2D eigenvalue weighted by Gasteiger charge is -2.13. The first-order chi connectivity index (χ1) is 12.1. The van der Waals surface area contributed by atoms with Gasteiger partial charge in [0.25, 0.3) is 0 Å². The predicted octanol–water partition coefficient (Wildman–Crippen LogP) is 3.46. The van der Waals surface area contributed by atoms with E-state index < -0.39 is 0 Å². The van der Waals surface area contributed by atoms with E-state index >= 15 is 0 Å². The number of methoxy groups -OCH3 is 1. The Morgan fingerprint density at radius 2 is 1.96 bits per heavy atom. The Kier molecular flexibility index (Phi) is 9.79. The quantitative estimate of drug-likeness (QED) is 0.328. The Balaban J connectivity index is 0.00000338. The summed E-state index contributed by atoms with van der Waals surface area (Å²) < 4.78 is 18.3. The van der Waals surface area contributed by atoms with E-state index in [1.807, 2.05) is 25.1 Å². The van der Waals surface area contributed by atoms with Gasteiger partial charge < -0.3 is 20.5 Å². The topological polar surface area (TPSA) is 65.9 Å². The van der Waals surface area contributed by atoms with Crippen LogP contribution in [-0.4, -0.2) is 31.3 Å². The van der Waals surface area contributed by atoms with E-state index in [9.17, 15) is 9.50 Å². The number of para-hydroxylation sites is 1. The molecule has 0 amide bonds. The van der Waals surface area contributed by atoms with Gasteiger partial charge in [0.05, 0.1) is 13.7 Å². The van der Waals surface area contributed by atoms with Gasteiger partial charge in [0.15, 0.2) is 17.5 Å². The van der Waals surface area contributed by atoms with Gasteiger partial charge in [0.1, 0.15) is 5.82 Å². The van der Waals surface area contributed by atoms with Gasteiger partial charge in [-0.15, -0.1) is 24.0 Å². The average molecular weight is 473 g/mol. The highest BCUT2D eigenvalue weighted by atomic mass is 127. The van der Waals surface area contributed by atoms with Gasteiger partial charge in [-0.3, -0.25) is 0 Å². The standard InChI is InChI=1S/C19H24FN3O2.HI/c1-3-21-19(23-13-14-6-4-8-16(20)12-14)22-11-10-15-7-5-9-17(25-2)18(15)24;/h4-9,12,24H,3,10-11,13H2,1-2H3,(H2,21,22,23);1H. The molecule has 2 rings (SSSR count). The van der Waals surface area contributed by atoms with Crippen LogP contribution in [0.2, 0.25) is 0 Å². The molecule has 7 heteroatoms. The van der Waals surface area contributed by atoms with Crippen molar-refractivity contribution in [2.45, 2.75) is 19.9 Å². The van der Waals surface area contributed by atoms with Crippen molar-refractivity contribution in [3.8, 4) is 11.5 Å². The lowest BCUT2D eigenvalue weighted by atomic mass is 10.1. The maximum absolute atomic E-state index is 13.2. The van der Waals surface area contributed by atoms with E-state index in [1.54, 1.807) is 12.1 Å². The summed E-state index contributed by atoms with van der Waals surface area (Å²) in [5, 5.41) is 16.5. The molecule has 0 saturated heterocycles. The third-order valence-electron chi connectivity index (χ3n) is 3.64. The number of nitrogens with one attached hydrogen (secondary N) is 2. The van der Waals surface area contributed by atoms with E-state index in [4.69, 9.17) is 4.74 Å². The number of phenols is 1. The predicted molar refractivity (Wildman–Crippen MR) is 113 cm³/mol. The number of halogens is 2. The van der Waals surface area contributed by atoms with Crippen molar-refractivity contribution in [1.82, 2.24) is 10.6 Å². The molecule has 0 aliphatic carbocycles. The largest absolute Gasteiger partial charge is 0.504 e. The second-order valence-electron chi connectivity index (χ2n) is 5.47. The zero-order valence-corrected chi connectivity index (χ0v) is 17.3. The minimum Gasteiger partial charge on any atom is -0.504 e. The van der Waals surface area contributed by atoms with Crippen molar-refractivity contribution in [1.29, 1.82) is 0 Å². The van der Waals surface area contributed by atoms with Crippen molar-refractivity contribution >= 4 is 29.9 Å². The molecule has 2 aromatic carbocycles. The molecule has 5 nitrogen and oxygen atoms in total. The number of hydrogen-bond donors (Lipinski definition) is 3. The second kappa shape index (κ2) is 11.6. The van der Waals surface area contributed by atoms with Crippen LogP contribution >= 0.6 is 24.0 Å². The molecule has 0 fully saturated rings. The molecule has 0 atom stereocenters. The summed E-state index contributed by atoms with van der Waals surface area (Å²) in [5.74, 6) is 1.01. The molecule has 0 heterocycles. The van der Waals surface area contributed by atoms with Gasteiger partial charge in [-0.2, -0.15) is 0 Å².